The first kappa shape index (κ1) is 18.4. The van der Waals surface area contributed by atoms with Gasteiger partial charge >= 0.3 is 0 Å². The first-order valence-corrected chi connectivity index (χ1v) is 10.1. The molecule has 0 radical (unpaired) electrons. The van der Waals surface area contributed by atoms with Crippen LogP contribution in [0, 0.1) is 24.1 Å². The van der Waals surface area contributed by atoms with E-state index < -0.39 is 21.4 Å². The summed E-state index contributed by atoms with van der Waals surface area (Å²) in [5, 5.41) is 9.02. The van der Waals surface area contributed by atoms with E-state index in [1.165, 1.54) is 30.5 Å². The first-order valence-electron chi connectivity index (χ1n) is 7.70. The van der Waals surface area contributed by atoms with Gasteiger partial charge < -0.3 is 5.73 Å². The molecule has 2 N–H and O–H groups in total. The Kier molecular flexibility index (Phi) is 4.29. The van der Waals surface area contributed by atoms with Gasteiger partial charge in [0, 0.05) is 16.8 Å². The van der Waals surface area contributed by atoms with Crippen molar-refractivity contribution >= 4 is 27.3 Å². The number of aryl methyl sites for hydroxylation is 1. The lowest BCUT2D eigenvalue weighted by molar-refractivity contribution is 0.481. The fourth-order valence-electron chi connectivity index (χ4n) is 2.99. The van der Waals surface area contributed by atoms with Gasteiger partial charge in [0.05, 0.1) is 11.3 Å². The lowest BCUT2D eigenvalue weighted by Gasteiger charge is -2.34. The minimum atomic E-state index is -3.56. The standard InChI is InChI=1S/C17H17FN4O2S2/c1-10-6-14(11-4-5-13(18)12(7-11)8-19)25-15(10)17(2)9-26(23,24)22(3)16(20)21-17/h4-7H,9H2,1-3H3,(H2,20,21)/t17-/m0/s1. The van der Waals surface area contributed by atoms with Crippen molar-refractivity contribution in [3.05, 3.63) is 46.1 Å². The van der Waals surface area contributed by atoms with Crippen LogP contribution in [0.2, 0.25) is 0 Å². The third-order valence-electron chi connectivity index (χ3n) is 4.34. The number of guanidine groups is 1. The number of hydrogen-bond donors (Lipinski definition) is 1. The van der Waals surface area contributed by atoms with Crippen LogP contribution in [0.25, 0.3) is 10.4 Å². The molecule has 0 aliphatic carbocycles. The Hall–Kier alpha value is -2.44. The zero-order valence-electron chi connectivity index (χ0n) is 14.4. The van der Waals surface area contributed by atoms with Crippen LogP contribution in [0.15, 0.2) is 29.3 Å². The van der Waals surface area contributed by atoms with Gasteiger partial charge in [0.25, 0.3) is 0 Å². The average Bonchev–Trinajstić information content (AvgIpc) is 2.95. The van der Waals surface area contributed by atoms with Crippen molar-refractivity contribution in [2.24, 2.45) is 10.7 Å². The topological polar surface area (TPSA) is 99.5 Å². The number of rotatable bonds is 2. The smallest absolute Gasteiger partial charge is 0.239 e. The predicted molar refractivity (Wildman–Crippen MR) is 99.7 cm³/mol. The van der Waals surface area contributed by atoms with E-state index in [4.69, 9.17) is 11.0 Å². The zero-order chi connectivity index (χ0) is 19.3. The second-order valence-electron chi connectivity index (χ2n) is 6.40. The molecule has 0 unspecified atom stereocenters. The third-order valence-corrected chi connectivity index (χ3v) is 7.83. The average molecular weight is 392 g/mol. The van der Waals surface area contributed by atoms with Gasteiger partial charge in [-0.1, -0.05) is 6.07 Å². The lowest BCUT2D eigenvalue weighted by atomic mass is 10.00. The molecule has 3 rings (SSSR count). The molecule has 1 aliphatic rings. The van der Waals surface area contributed by atoms with Gasteiger partial charge in [-0.3, -0.25) is 0 Å². The molecule has 26 heavy (non-hydrogen) atoms. The number of nitriles is 1. The number of halogens is 1. The quantitative estimate of drug-likeness (QED) is 0.849. The lowest BCUT2D eigenvalue weighted by Crippen LogP contribution is -2.50. The van der Waals surface area contributed by atoms with Gasteiger partial charge in [-0.15, -0.1) is 11.3 Å². The van der Waals surface area contributed by atoms with Crippen molar-refractivity contribution in [1.82, 2.24) is 4.31 Å². The molecule has 0 fully saturated rings. The van der Waals surface area contributed by atoms with E-state index in [2.05, 4.69) is 4.99 Å². The highest BCUT2D eigenvalue weighted by molar-refractivity contribution is 7.89. The summed E-state index contributed by atoms with van der Waals surface area (Å²) in [7, 11) is -2.19. The largest absolute Gasteiger partial charge is 0.369 e. The summed E-state index contributed by atoms with van der Waals surface area (Å²) < 4.78 is 39.3. The minimum Gasteiger partial charge on any atom is -0.369 e. The van der Waals surface area contributed by atoms with Gasteiger partial charge in [-0.2, -0.15) is 5.26 Å². The van der Waals surface area contributed by atoms with Crippen molar-refractivity contribution in [3.63, 3.8) is 0 Å². The van der Waals surface area contributed by atoms with Crippen LogP contribution < -0.4 is 5.73 Å². The number of thiophene rings is 1. The van der Waals surface area contributed by atoms with Crippen molar-refractivity contribution in [1.29, 1.82) is 5.26 Å². The summed E-state index contributed by atoms with van der Waals surface area (Å²) in [5.41, 5.74) is 6.34. The van der Waals surface area contributed by atoms with Gasteiger partial charge in [-0.05, 0) is 43.2 Å². The number of hydrogen-bond acceptors (Lipinski definition) is 6. The predicted octanol–water partition coefficient (Wildman–Crippen LogP) is 2.54. The summed E-state index contributed by atoms with van der Waals surface area (Å²) in [6, 6.07) is 8.04. The fraction of sp³-hybridized carbons (Fsp3) is 0.294. The van der Waals surface area contributed by atoms with Gasteiger partial charge in [-0.25, -0.2) is 22.1 Å². The van der Waals surface area contributed by atoms with Crippen LogP contribution in [0.5, 0.6) is 0 Å². The van der Waals surface area contributed by atoms with E-state index in [-0.39, 0.29) is 17.3 Å². The number of nitrogens with zero attached hydrogens (tertiary/aromatic N) is 3. The van der Waals surface area contributed by atoms with Crippen LogP contribution in [0.3, 0.4) is 0 Å². The van der Waals surface area contributed by atoms with E-state index in [0.717, 1.165) is 19.6 Å². The Balaban J connectivity index is 2.11. The molecule has 1 aromatic carbocycles. The van der Waals surface area contributed by atoms with Crippen LogP contribution in [-0.2, 0) is 15.6 Å². The molecule has 0 amide bonds. The van der Waals surface area contributed by atoms with Crippen LogP contribution in [0.1, 0.15) is 22.9 Å². The maximum atomic E-state index is 13.6. The molecule has 0 bridgehead atoms. The summed E-state index contributed by atoms with van der Waals surface area (Å²) in [6.07, 6.45) is 0. The summed E-state index contributed by atoms with van der Waals surface area (Å²) in [6.45, 7) is 3.60. The van der Waals surface area contributed by atoms with Crippen molar-refractivity contribution in [2.45, 2.75) is 19.4 Å². The summed E-state index contributed by atoms with van der Waals surface area (Å²) in [5.74, 6) is -0.817. The minimum absolute atomic E-state index is 0.0366. The van der Waals surface area contributed by atoms with E-state index in [0.29, 0.717) is 5.56 Å². The van der Waals surface area contributed by atoms with Crippen LogP contribution >= 0.6 is 11.3 Å². The van der Waals surface area contributed by atoms with Gasteiger partial charge in [0.2, 0.25) is 16.0 Å². The second-order valence-corrected chi connectivity index (χ2v) is 9.45. The number of sulfonamides is 1. The van der Waals surface area contributed by atoms with Crippen LogP contribution in [0.4, 0.5) is 4.39 Å². The van der Waals surface area contributed by atoms with Crippen molar-refractivity contribution < 1.29 is 12.8 Å². The molecule has 2 heterocycles. The normalized spacial score (nSPS) is 22.0. The van der Waals surface area contributed by atoms with E-state index >= 15 is 0 Å². The Bertz CT molecular complexity index is 1070. The van der Waals surface area contributed by atoms with Crippen LogP contribution in [-0.4, -0.2) is 31.5 Å². The molecule has 2 aromatic rings. The molecular formula is C17H17FN4O2S2. The molecule has 0 saturated heterocycles. The molecule has 6 nitrogen and oxygen atoms in total. The highest BCUT2D eigenvalue weighted by atomic mass is 32.2. The first-order chi connectivity index (χ1) is 12.1. The SMILES string of the molecule is Cc1cc(-c2ccc(F)c(C#N)c2)sc1[C@]1(C)CS(=O)(=O)N(C)C(N)=N1. The maximum Gasteiger partial charge on any atom is 0.239 e. The zero-order valence-corrected chi connectivity index (χ0v) is 16.1. The van der Waals surface area contributed by atoms with E-state index in [9.17, 15) is 12.8 Å². The van der Waals surface area contributed by atoms with Gasteiger partial charge in [0.15, 0.2) is 0 Å². The van der Waals surface area contributed by atoms with Crippen molar-refractivity contribution in [2.75, 3.05) is 12.8 Å². The molecule has 1 atom stereocenters. The Morgan fingerprint density at radius 2 is 2.12 bits per heavy atom. The molecule has 136 valence electrons. The number of benzene rings is 1. The van der Waals surface area contributed by atoms with E-state index in [1.807, 2.05) is 19.1 Å². The number of aliphatic imine (C=N–C) groups is 1. The summed E-state index contributed by atoms with van der Waals surface area (Å²) in [4.78, 5) is 5.99. The van der Waals surface area contributed by atoms with E-state index in [1.54, 1.807) is 13.0 Å². The second kappa shape index (κ2) is 6.07. The number of nitrogens with two attached hydrogens (primary N) is 1. The Labute approximate surface area is 155 Å². The molecule has 9 heteroatoms. The highest BCUT2D eigenvalue weighted by Gasteiger charge is 2.42. The monoisotopic (exact) mass is 392 g/mol. The Morgan fingerprint density at radius 3 is 2.73 bits per heavy atom. The Morgan fingerprint density at radius 1 is 1.42 bits per heavy atom. The van der Waals surface area contributed by atoms with Gasteiger partial charge in [0.1, 0.15) is 17.4 Å². The molecular weight excluding hydrogens is 375 g/mol. The summed E-state index contributed by atoms with van der Waals surface area (Å²) >= 11 is 1.37. The maximum absolute atomic E-state index is 13.6. The molecule has 0 spiro atoms. The molecule has 1 aliphatic heterocycles. The molecule has 1 aromatic heterocycles. The third kappa shape index (κ3) is 2.95. The van der Waals surface area contributed by atoms with Crippen molar-refractivity contribution in [3.8, 4) is 16.5 Å². The highest BCUT2D eigenvalue weighted by Crippen LogP contribution is 2.41. The molecule has 0 saturated carbocycles. The fourth-order valence-corrected chi connectivity index (χ4v) is 5.78.